The van der Waals surface area contributed by atoms with E-state index in [1.165, 1.54) is 20.3 Å². The summed E-state index contributed by atoms with van der Waals surface area (Å²) in [7, 11) is 4.52. The van der Waals surface area contributed by atoms with Crippen LogP contribution in [0.1, 0.15) is 26.3 Å². The van der Waals surface area contributed by atoms with Gasteiger partial charge in [0.15, 0.2) is 5.78 Å². The van der Waals surface area contributed by atoms with Gasteiger partial charge in [-0.2, -0.15) is 0 Å². The minimum Gasteiger partial charge on any atom is -0.497 e. The molecule has 0 saturated heterocycles. The van der Waals surface area contributed by atoms with Crippen molar-refractivity contribution in [2.75, 3.05) is 21.3 Å². The number of hydrogen-bond acceptors (Lipinski definition) is 6. The van der Waals surface area contributed by atoms with E-state index in [2.05, 4.69) is 0 Å². The zero-order chi connectivity index (χ0) is 22.2. The summed E-state index contributed by atoms with van der Waals surface area (Å²) in [5, 5.41) is 0. The summed E-state index contributed by atoms with van der Waals surface area (Å²) in [5.41, 5.74) is 1.56. The standard InChI is InChI=1S/C25H22O6/c1-28-19-14-10-18(11-15-19)21(26)16-9-17-7-12-20(13-8-17)31-25(27)24-22(29-2)5-4-6-23(24)30-3/h4-16H,1-3H3. The number of carbonyl (C=O) groups is 2. The van der Waals surface area contributed by atoms with Gasteiger partial charge in [-0.15, -0.1) is 0 Å². The van der Waals surface area contributed by atoms with Crippen molar-refractivity contribution in [1.82, 2.24) is 0 Å². The first kappa shape index (κ1) is 21.6. The smallest absolute Gasteiger partial charge is 0.351 e. The Morgan fingerprint density at radius 2 is 1.29 bits per heavy atom. The molecule has 0 N–H and O–H groups in total. The average molecular weight is 418 g/mol. The second kappa shape index (κ2) is 10.1. The number of ketones is 1. The summed E-state index contributed by atoms with van der Waals surface area (Å²) < 4.78 is 21.0. The number of methoxy groups -OCH3 is 3. The third-order valence-electron chi connectivity index (χ3n) is 4.52. The molecule has 3 aromatic rings. The number of hydrogen-bond donors (Lipinski definition) is 0. The van der Waals surface area contributed by atoms with E-state index in [-0.39, 0.29) is 11.3 Å². The van der Waals surface area contributed by atoms with Crippen LogP contribution >= 0.6 is 0 Å². The molecule has 0 aromatic heterocycles. The largest absolute Gasteiger partial charge is 0.497 e. The zero-order valence-corrected chi connectivity index (χ0v) is 17.5. The maximum Gasteiger partial charge on any atom is 0.351 e. The predicted octanol–water partition coefficient (Wildman–Crippen LogP) is 4.83. The average Bonchev–Trinajstić information content (AvgIpc) is 2.82. The predicted molar refractivity (Wildman–Crippen MR) is 117 cm³/mol. The van der Waals surface area contributed by atoms with Gasteiger partial charge in [-0.25, -0.2) is 4.79 Å². The summed E-state index contributed by atoms with van der Waals surface area (Å²) in [5.74, 6) is 1.06. The van der Waals surface area contributed by atoms with Gasteiger partial charge in [-0.3, -0.25) is 4.79 Å². The van der Waals surface area contributed by atoms with E-state index in [1.807, 2.05) is 0 Å². The van der Waals surface area contributed by atoms with Crippen LogP contribution in [0, 0.1) is 0 Å². The fourth-order valence-corrected chi connectivity index (χ4v) is 2.88. The van der Waals surface area contributed by atoms with Crippen LogP contribution in [0.15, 0.2) is 72.8 Å². The molecule has 0 fully saturated rings. The quantitative estimate of drug-likeness (QED) is 0.226. The van der Waals surface area contributed by atoms with Gasteiger partial charge in [0, 0.05) is 5.56 Å². The van der Waals surface area contributed by atoms with Crippen LogP contribution in [0.2, 0.25) is 0 Å². The molecule has 158 valence electrons. The monoisotopic (exact) mass is 418 g/mol. The highest BCUT2D eigenvalue weighted by atomic mass is 16.5. The van der Waals surface area contributed by atoms with Crippen LogP contribution in [-0.4, -0.2) is 33.1 Å². The zero-order valence-electron chi connectivity index (χ0n) is 17.5. The van der Waals surface area contributed by atoms with Gasteiger partial charge in [-0.1, -0.05) is 24.3 Å². The molecule has 0 bridgehead atoms. The molecular formula is C25H22O6. The van der Waals surface area contributed by atoms with Crippen molar-refractivity contribution in [3.63, 3.8) is 0 Å². The number of esters is 1. The van der Waals surface area contributed by atoms with E-state index in [4.69, 9.17) is 18.9 Å². The molecule has 0 atom stereocenters. The highest BCUT2D eigenvalue weighted by Crippen LogP contribution is 2.29. The highest BCUT2D eigenvalue weighted by molar-refractivity contribution is 6.06. The Morgan fingerprint density at radius 1 is 0.710 bits per heavy atom. The summed E-state index contributed by atoms with van der Waals surface area (Å²) in [6.45, 7) is 0. The molecule has 0 radical (unpaired) electrons. The molecule has 0 unspecified atom stereocenters. The van der Waals surface area contributed by atoms with Crippen molar-refractivity contribution >= 4 is 17.8 Å². The summed E-state index contributed by atoms with van der Waals surface area (Å²) in [6, 6.07) is 18.7. The Kier molecular flexibility index (Phi) is 7.06. The van der Waals surface area contributed by atoms with E-state index >= 15 is 0 Å². The Labute approximate surface area is 180 Å². The van der Waals surface area contributed by atoms with Crippen LogP contribution in [0.25, 0.3) is 6.08 Å². The van der Waals surface area contributed by atoms with Crippen LogP contribution < -0.4 is 18.9 Å². The van der Waals surface area contributed by atoms with Crippen molar-refractivity contribution in [1.29, 1.82) is 0 Å². The summed E-state index contributed by atoms with van der Waals surface area (Å²) >= 11 is 0. The fraction of sp³-hybridized carbons (Fsp3) is 0.120. The van der Waals surface area contributed by atoms with E-state index in [1.54, 1.807) is 79.9 Å². The molecular weight excluding hydrogens is 396 g/mol. The molecule has 0 aliphatic rings. The van der Waals surface area contributed by atoms with Gasteiger partial charge < -0.3 is 18.9 Å². The third-order valence-corrected chi connectivity index (χ3v) is 4.52. The van der Waals surface area contributed by atoms with Crippen LogP contribution in [0.4, 0.5) is 0 Å². The Balaban J connectivity index is 1.68. The molecule has 0 aliphatic carbocycles. The number of carbonyl (C=O) groups excluding carboxylic acids is 2. The van der Waals surface area contributed by atoms with E-state index in [0.717, 1.165) is 5.56 Å². The highest BCUT2D eigenvalue weighted by Gasteiger charge is 2.20. The normalized spacial score (nSPS) is 10.5. The van der Waals surface area contributed by atoms with Crippen molar-refractivity contribution < 1.29 is 28.5 Å². The van der Waals surface area contributed by atoms with Crippen LogP contribution in [-0.2, 0) is 0 Å². The molecule has 0 spiro atoms. The van der Waals surface area contributed by atoms with Gasteiger partial charge in [-0.05, 0) is 60.2 Å². The molecule has 0 aliphatic heterocycles. The lowest BCUT2D eigenvalue weighted by atomic mass is 10.1. The molecule has 3 rings (SSSR count). The lowest BCUT2D eigenvalue weighted by molar-refractivity contribution is 0.0727. The summed E-state index contributed by atoms with van der Waals surface area (Å²) in [6.07, 6.45) is 3.18. The fourth-order valence-electron chi connectivity index (χ4n) is 2.88. The van der Waals surface area contributed by atoms with Crippen molar-refractivity contribution in [3.05, 3.63) is 89.5 Å². The molecule has 0 saturated carbocycles. The maximum absolute atomic E-state index is 12.6. The second-order valence-electron chi connectivity index (χ2n) is 6.42. The number of rotatable bonds is 8. The Hall–Kier alpha value is -4.06. The minimum absolute atomic E-state index is 0.124. The van der Waals surface area contributed by atoms with Gasteiger partial charge in [0.2, 0.25) is 0 Å². The van der Waals surface area contributed by atoms with Crippen LogP contribution in [0.3, 0.4) is 0 Å². The van der Waals surface area contributed by atoms with Gasteiger partial charge in [0.25, 0.3) is 0 Å². The van der Waals surface area contributed by atoms with Crippen molar-refractivity contribution in [3.8, 4) is 23.0 Å². The molecule has 6 heteroatoms. The molecule has 3 aromatic carbocycles. The van der Waals surface area contributed by atoms with Gasteiger partial charge >= 0.3 is 5.97 Å². The number of allylic oxidation sites excluding steroid dienone is 1. The lowest BCUT2D eigenvalue weighted by Crippen LogP contribution is -2.11. The summed E-state index contributed by atoms with van der Waals surface area (Å²) in [4.78, 5) is 24.9. The van der Waals surface area contributed by atoms with Crippen molar-refractivity contribution in [2.24, 2.45) is 0 Å². The lowest BCUT2D eigenvalue weighted by Gasteiger charge is -2.12. The van der Waals surface area contributed by atoms with Gasteiger partial charge in [0.05, 0.1) is 21.3 Å². The number of benzene rings is 3. The first-order valence-electron chi connectivity index (χ1n) is 9.45. The Morgan fingerprint density at radius 3 is 1.84 bits per heavy atom. The maximum atomic E-state index is 12.6. The first-order valence-corrected chi connectivity index (χ1v) is 9.45. The third kappa shape index (κ3) is 5.30. The molecule has 0 amide bonds. The SMILES string of the molecule is COc1ccc(C(=O)C=Cc2ccc(OC(=O)c3c(OC)cccc3OC)cc2)cc1. The van der Waals surface area contributed by atoms with E-state index in [0.29, 0.717) is 28.6 Å². The topological polar surface area (TPSA) is 71.1 Å². The first-order chi connectivity index (χ1) is 15.0. The van der Waals surface area contributed by atoms with Crippen LogP contribution in [0.5, 0.6) is 23.0 Å². The second-order valence-corrected chi connectivity index (χ2v) is 6.42. The molecule has 0 heterocycles. The minimum atomic E-state index is -0.590. The molecule has 6 nitrogen and oxygen atoms in total. The van der Waals surface area contributed by atoms with Crippen molar-refractivity contribution in [2.45, 2.75) is 0 Å². The Bertz CT molecular complexity index is 1060. The van der Waals surface area contributed by atoms with E-state index in [9.17, 15) is 9.59 Å². The van der Waals surface area contributed by atoms with Gasteiger partial charge in [0.1, 0.15) is 28.6 Å². The molecule has 31 heavy (non-hydrogen) atoms. The van der Waals surface area contributed by atoms with E-state index < -0.39 is 5.97 Å². The number of ether oxygens (including phenoxy) is 4.